The first kappa shape index (κ1) is 20.3. The SMILES string of the molecule is O=C(O)c1ccc(-c2ccc3c(c2)COC2(CCN(C(=O)c4ccccc4)CC2)O3)cc1. The van der Waals surface area contributed by atoms with Gasteiger partial charge < -0.3 is 19.5 Å². The number of benzene rings is 3. The predicted molar refractivity (Wildman–Crippen MR) is 119 cm³/mol. The van der Waals surface area contributed by atoms with Gasteiger partial charge in [-0.3, -0.25) is 4.79 Å². The third-order valence-corrected chi connectivity index (χ3v) is 6.15. The van der Waals surface area contributed by atoms with Crippen molar-refractivity contribution in [2.45, 2.75) is 25.2 Å². The van der Waals surface area contributed by atoms with Crippen molar-refractivity contribution in [3.05, 3.63) is 89.5 Å². The highest BCUT2D eigenvalue weighted by molar-refractivity contribution is 5.94. The van der Waals surface area contributed by atoms with Crippen LogP contribution in [0.4, 0.5) is 0 Å². The van der Waals surface area contributed by atoms with Gasteiger partial charge in [0.15, 0.2) is 0 Å². The van der Waals surface area contributed by atoms with Crippen LogP contribution >= 0.6 is 0 Å². The van der Waals surface area contributed by atoms with Gasteiger partial charge in [0.1, 0.15) is 5.75 Å². The van der Waals surface area contributed by atoms with Crippen LogP contribution < -0.4 is 4.74 Å². The molecule has 5 rings (SSSR count). The lowest BCUT2D eigenvalue weighted by Crippen LogP contribution is -2.52. The molecule has 0 aromatic heterocycles. The zero-order valence-electron chi connectivity index (χ0n) is 17.5. The van der Waals surface area contributed by atoms with Crippen LogP contribution in [0.5, 0.6) is 5.75 Å². The lowest BCUT2D eigenvalue weighted by atomic mass is 9.98. The average molecular weight is 429 g/mol. The van der Waals surface area contributed by atoms with Crippen LogP contribution in [0.1, 0.15) is 39.1 Å². The molecule has 0 bridgehead atoms. The number of fused-ring (bicyclic) bond motifs is 1. The second-order valence-electron chi connectivity index (χ2n) is 8.16. The summed E-state index contributed by atoms with van der Waals surface area (Å²) in [4.78, 5) is 25.6. The Morgan fingerprint density at radius 2 is 1.53 bits per heavy atom. The third kappa shape index (κ3) is 3.85. The van der Waals surface area contributed by atoms with E-state index < -0.39 is 11.8 Å². The normalized spacial score (nSPS) is 16.8. The number of carboxylic acid groups (broad SMARTS) is 1. The first-order valence-electron chi connectivity index (χ1n) is 10.7. The molecule has 0 aliphatic carbocycles. The molecule has 1 spiro atoms. The summed E-state index contributed by atoms with van der Waals surface area (Å²) < 4.78 is 12.5. The van der Waals surface area contributed by atoms with Crippen LogP contribution in [0.15, 0.2) is 72.8 Å². The topological polar surface area (TPSA) is 76.1 Å². The molecule has 2 heterocycles. The zero-order valence-corrected chi connectivity index (χ0v) is 17.5. The van der Waals surface area contributed by atoms with Gasteiger partial charge in [-0.1, -0.05) is 36.4 Å². The predicted octanol–water partition coefficient (Wildman–Crippen LogP) is 4.59. The molecule has 3 aromatic carbocycles. The molecular weight excluding hydrogens is 406 g/mol. The first-order valence-corrected chi connectivity index (χ1v) is 10.7. The van der Waals surface area contributed by atoms with Gasteiger partial charge >= 0.3 is 5.97 Å². The Labute approximate surface area is 186 Å². The van der Waals surface area contributed by atoms with E-state index in [2.05, 4.69) is 0 Å². The highest BCUT2D eigenvalue weighted by Gasteiger charge is 2.42. The Morgan fingerprint density at radius 1 is 0.844 bits per heavy atom. The summed E-state index contributed by atoms with van der Waals surface area (Å²) in [5.74, 6) is -0.809. The van der Waals surface area contributed by atoms with Crippen molar-refractivity contribution >= 4 is 11.9 Å². The van der Waals surface area contributed by atoms with Gasteiger partial charge in [0, 0.05) is 37.1 Å². The number of aromatic carboxylic acids is 1. The Hall–Kier alpha value is -3.64. The molecule has 2 aliphatic rings. The molecule has 1 fully saturated rings. The summed E-state index contributed by atoms with van der Waals surface area (Å²) in [6.45, 7) is 1.59. The van der Waals surface area contributed by atoms with Crippen molar-refractivity contribution in [2.24, 2.45) is 0 Å². The largest absolute Gasteiger partial charge is 0.478 e. The molecule has 1 N–H and O–H groups in total. The van der Waals surface area contributed by atoms with Gasteiger partial charge in [-0.25, -0.2) is 4.79 Å². The number of nitrogens with zero attached hydrogens (tertiary/aromatic N) is 1. The molecule has 162 valence electrons. The van der Waals surface area contributed by atoms with E-state index in [9.17, 15) is 9.59 Å². The molecule has 6 nitrogen and oxygen atoms in total. The number of amides is 1. The number of likely N-dealkylation sites (tertiary alicyclic amines) is 1. The zero-order chi connectivity index (χ0) is 22.1. The lowest BCUT2D eigenvalue weighted by Gasteiger charge is -2.44. The van der Waals surface area contributed by atoms with Crippen LogP contribution in [0, 0.1) is 0 Å². The maximum atomic E-state index is 12.7. The molecule has 1 amide bonds. The van der Waals surface area contributed by atoms with Crippen molar-refractivity contribution in [2.75, 3.05) is 13.1 Å². The molecule has 0 atom stereocenters. The number of carbonyl (C=O) groups is 2. The molecule has 2 aliphatic heterocycles. The van der Waals surface area contributed by atoms with Gasteiger partial charge in [-0.2, -0.15) is 0 Å². The Kier molecular flexibility index (Phi) is 5.15. The van der Waals surface area contributed by atoms with E-state index in [1.807, 2.05) is 53.4 Å². The summed E-state index contributed by atoms with van der Waals surface area (Å²) in [6.07, 6.45) is 1.23. The van der Waals surface area contributed by atoms with Crippen LogP contribution in [0.3, 0.4) is 0 Å². The van der Waals surface area contributed by atoms with E-state index in [1.165, 1.54) is 0 Å². The third-order valence-electron chi connectivity index (χ3n) is 6.15. The van der Waals surface area contributed by atoms with Gasteiger partial charge in [0.25, 0.3) is 5.91 Å². The molecule has 1 saturated heterocycles. The van der Waals surface area contributed by atoms with Crippen LogP contribution in [0.2, 0.25) is 0 Å². The number of carbonyl (C=O) groups excluding carboxylic acids is 1. The smallest absolute Gasteiger partial charge is 0.335 e. The maximum absolute atomic E-state index is 12.7. The van der Waals surface area contributed by atoms with E-state index in [0.29, 0.717) is 38.1 Å². The summed E-state index contributed by atoms with van der Waals surface area (Å²) in [7, 11) is 0. The number of piperidine rings is 1. The van der Waals surface area contributed by atoms with Crippen LogP contribution in [-0.4, -0.2) is 40.8 Å². The van der Waals surface area contributed by atoms with E-state index in [-0.39, 0.29) is 11.5 Å². The van der Waals surface area contributed by atoms with E-state index in [1.54, 1.807) is 24.3 Å². The van der Waals surface area contributed by atoms with Crippen LogP contribution in [0.25, 0.3) is 11.1 Å². The summed E-state index contributed by atoms with van der Waals surface area (Å²) >= 11 is 0. The molecule has 0 unspecified atom stereocenters. The number of carboxylic acids is 1. The van der Waals surface area contributed by atoms with Gasteiger partial charge in [0.05, 0.1) is 12.2 Å². The number of ether oxygens (including phenoxy) is 2. The van der Waals surface area contributed by atoms with Gasteiger partial charge in [0.2, 0.25) is 5.79 Å². The van der Waals surface area contributed by atoms with Crippen molar-refractivity contribution < 1.29 is 24.2 Å². The minimum Gasteiger partial charge on any atom is -0.478 e. The highest BCUT2D eigenvalue weighted by Crippen LogP contribution is 2.39. The first-order chi connectivity index (χ1) is 15.5. The molecule has 0 saturated carbocycles. The van der Waals surface area contributed by atoms with Crippen molar-refractivity contribution in [3.63, 3.8) is 0 Å². The molecule has 6 heteroatoms. The Bertz CT molecular complexity index is 1150. The number of hydrogen-bond donors (Lipinski definition) is 1. The summed E-state index contributed by atoms with van der Waals surface area (Å²) in [5, 5.41) is 9.08. The average Bonchev–Trinajstić information content (AvgIpc) is 2.84. The minimum absolute atomic E-state index is 0.0372. The fourth-order valence-corrected chi connectivity index (χ4v) is 4.28. The second kappa shape index (κ2) is 8.13. The molecule has 3 aromatic rings. The quantitative estimate of drug-likeness (QED) is 0.659. The fraction of sp³-hybridized carbons (Fsp3) is 0.231. The maximum Gasteiger partial charge on any atom is 0.335 e. The Morgan fingerprint density at radius 3 is 2.22 bits per heavy atom. The second-order valence-corrected chi connectivity index (χ2v) is 8.16. The van der Waals surface area contributed by atoms with Gasteiger partial charge in [-0.15, -0.1) is 0 Å². The van der Waals surface area contributed by atoms with Crippen LogP contribution in [-0.2, 0) is 11.3 Å². The summed E-state index contributed by atoms with van der Waals surface area (Å²) in [5.41, 5.74) is 3.83. The van der Waals surface area contributed by atoms with E-state index >= 15 is 0 Å². The lowest BCUT2D eigenvalue weighted by molar-refractivity contribution is -0.225. The monoisotopic (exact) mass is 429 g/mol. The van der Waals surface area contributed by atoms with Crippen molar-refractivity contribution in [1.82, 2.24) is 4.90 Å². The van der Waals surface area contributed by atoms with Crippen molar-refractivity contribution in [1.29, 1.82) is 0 Å². The highest BCUT2D eigenvalue weighted by atomic mass is 16.7. The number of hydrogen-bond acceptors (Lipinski definition) is 4. The molecule has 32 heavy (non-hydrogen) atoms. The van der Waals surface area contributed by atoms with Crippen molar-refractivity contribution in [3.8, 4) is 16.9 Å². The van der Waals surface area contributed by atoms with E-state index in [4.69, 9.17) is 14.6 Å². The summed E-state index contributed by atoms with van der Waals surface area (Å²) in [6, 6.07) is 22.1. The molecule has 0 radical (unpaired) electrons. The minimum atomic E-state index is -0.939. The number of rotatable bonds is 3. The van der Waals surface area contributed by atoms with E-state index in [0.717, 1.165) is 22.4 Å². The van der Waals surface area contributed by atoms with Gasteiger partial charge in [-0.05, 0) is 47.5 Å². The standard InChI is InChI=1S/C26H23NO5/c28-24(19-4-2-1-3-5-19)27-14-12-26(13-15-27)31-17-22-16-21(10-11-23(22)32-26)18-6-8-20(9-7-18)25(29)30/h1-11,16H,12-15,17H2,(H,29,30). The molecular formula is C26H23NO5. The Balaban J connectivity index is 1.27. The fourth-order valence-electron chi connectivity index (χ4n) is 4.28.